The van der Waals surface area contributed by atoms with Crippen LogP contribution in [0.5, 0.6) is 0 Å². The molecule has 4 aromatic carbocycles. The van der Waals surface area contributed by atoms with Crippen LogP contribution in [0, 0.1) is 0 Å². The molecule has 0 atom stereocenters. The standard InChI is InChI=1S/C23H15B/c24-22-13-12-19(18-9-3-4-10-20(18)22)21-11-5-7-16-14-15-6-1-2-8-17(15)23(16)21/h1-13H,14H2. The van der Waals surface area contributed by atoms with Gasteiger partial charge in [-0.1, -0.05) is 84.3 Å². The summed E-state index contributed by atoms with van der Waals surface area (Å²) in [5.74, 6) is 0. The average molecular weight is 302 g/mol. The normalized spacial score (nSPS) is 12.2. The fourth-order valence-corrected chi connectivity index (χ4v) is 3.97. The lowest BCUT2D eigenvalue weighted by atomic mass is 9.85. The van der Waals surface area contributed by atoms with Crippen molar-refractivity contribution in [3.05, 3.63) is 90.0 Å². The van der Waals surface area contributed by atoms with E-state index in [4.69, 9.17) is 7.85 Å². The van der Waals surface area contributed by atoms with Crippen LogP contribution in [0.15, 0.2) is 78.9 Å². The molecule has 5 rings (SSSR count). The molecule has 0 nitrogen and oxygen atoms in total. The van der Waals surface area contributed by atoms with E-state index in [1.54, 1.807) is 0 Å². The molecule has 1 aliphatic carbocycles. The molecular formula is C23H15B. The van der Waals surface area contributed by atoms with Crippen LogP contribution in [-0.2, 0) is 6.42 Å². The molecule has 0 bridgehead atoms. The minimum absolute atomic E-state index is 0.835. The maximum atomic E-state index is 6.19. The Labute approximate surface area is 143 Å². The Kier molecular flexibility index (Phi) is 2.90. The lowest BCUT2D eigenvalue weighted by Gasteiger charge is -2.14. The van der Waals surface area contributed by atoms with Gasteiger partial charge in [0, 0.05) is 0 Å². The summed E-state index contributed by atoms with van der Waals surface area (Å²) in [6, 6.07) is 28.0. The third-order valence-corrected chi connectivity index (χ3v) is 5.07. The van der Waals surface area contributed by atoms with Crippen molar-refractivity contribution in [1.82, 2.24) is 0 Å². The van der Waals surface area contributed by atoms with E-state index in [0.717, 1.165) is 17.3 Å². The first kappa shape index (κ1) is 13.6. The Hall–Kier alpha value is -2.80. The van der Waals surface area contributed by atoms with Gasteiger partial charge in [-0.3, -0.25) is 0 Å². The second-order valence-electron chi connectivity index (χ2n) is 6.42. The van der Waals surface area contributed by atoms with Crippen LogP contribution >= 0.6 is 0 Å². The van der Waals surface area contributed by atoms with Gasteiger partial charge in [-0.15, -0.1) is 0 Å². The molecule has 1 aliphatic rings. The van der Waals surface area contributed by atoms with Crippen LogP contribution < -0.4 is 5.46 Å². The zero-order chi connectivity index (χ0) is 16.1. The van der Waals surface area contributed by atoms with E-state index >= 15 is 0 Å². The van der Waals surface area contributed by atoms with Crippen molar-refractivity contribution in [2.45, 2.75) is 6.42 Å². The van der Waals surface area contributed by atoms with Gasteiger partial charge in [0.1, 0.15) is 7.85 Å². The van der Waals surface area contributed by atoms with Gasteiger partial charge >= 0.3 is 0 Å². The number of fused-ring (bicyclic) bond motifs is 4. The van der Waals surface area contributed by atoms with Crippen LogP contribution in [0.2, 0.25) is 0 Å². The highest BCUT2D eigenvalue weighted by Crippen LogP contribution is 2.44. The van der Waals surface area contributed by atoms with Crippen molar-refractivity contribution in [1.29, 1.82) is 0 Å². The summed E-state index contributed by atoms with van der Waals surface area (Å²) in [7, 11) is 6.19. The Morgan fingerprint density at radius 2 is 1.25 bits per heavy atom. The number of rotatable bonds is 1. The van der Waals surface area contributed by atoms with Crippen LogP contribution in [0.1, 0.15) is 11.1 Å². The molecule has 0 saturated carbocycles. The lowest BCUT2D eigenvalue weighted by Crippen LogP contribution is -2.03. The Morgan fingerprint density at radius 3 is 2.17 bits per heavy atom. The van der Waals surface area contributed by atoms with Crippen molar-refractivity contribution >= 4 is 24.1 Å². The van der Waals surface area contributed by atoms with Crippen LogP contribution in [-0.4, -0.2) is 7.85 Å². The maximum absolute atomic E-state index is 6.19. The summed E-state index contributed by atoms with van der Waals surface area (Å²) >= 11 is 0. The lowest BCUT2D eigenvalue weighted by molar-refractivity contribution is 1.26. The Balaban J connectivity index is 1.86. The number of hydrogen-bond donors (Lipinski definition) is 0. The molecular weight excluding hydrogens is 287 g/mol. The van der Waals surface area contributed by atoms with Gasteiger partial charge in [0.15, 0.2) is 0 Å². The summed E-state index contributed by atoms with van der Waals surface area (Å²) < 4.78 is 0. The highest BCUT2D eigenvalue weighted by molar-refractivity contribution is 6.39. The predicted molar refractivity (Wildman–Crippen MR) is 103 cm³/mol. The molecule has 0 spiro atoms. The molecule has 0 saturated heterocycles. The molecule has 2 radical (unpaired) electrons. The van der Waals surface area contributed by atoms with E-state index in [2.05, 4.69) is 66.7 Å². The van der Waals surface area contributed by atoms with Gasteiger partial charge in [0.2, 0.25) is 0 Å². The summed E-state index contributed by atoms with van der Waals surface area (Å²) in [6.07, 6.45) is 1.02. The van der Waals surface area contributed by atoms with E-state index in [9.17, 15) is 0 Å². The summed E-state index contributed by atoms with van der Waals surface area (Å²) in [4.78, 5) is 0. The third-order valence-electron chi connectivity index (χ3n) is 5.07. The molecule has 1 heteroatoms. The first-order valence-corrected chi connectivity index (χ1v) is 8.31. The van der Waals surface area contributed by atoms with Crippen LogP contribution in [0.3, 0.4) is 0 Å². The first-order chi connectivity index (χ1) is 11.8. The first-order valence-electron chi connectivity index (χ1n) is 8.31. The van der Waals surface area contributed by atoms with Crippen molar-refractivity contribution in [3.63, 3.8) is 0 Å². The molecule has 0 amide bonds. The van der Waals surface area contributed by atoms with Crippen molar-refractivity contribution in [3.8, 4) is 22.3 Å². The number of benzene rings is 4. The van der Waals surface area contributed by atoms with E-state index in [1.807, 2.05) is 12.1 Å². The fourth-order valence-electron chi connectivity index (χ4n) is 3.97. The summed E-state index contributed by atoms with van der Waals surface area (Å²) in [5, 5.41) is 2.34. The third kappa shape index (κ3) is 1.88. The molecule has 4 aromatic rings. The molecule has 110 valence electrons. The monoisotopic (exact) mass is 302 g/mol. The highest BCUT2D eigenvalue weighted by atomic mass is 14.2. The van der Waals surface area contributed by atoms with E-state index < -0.39 is 0 Å². The van der Waals surface area contributed by atoms with Gasteiger partial charge in [0.05, 0.1) is 0 Å². The smallest absolute Gasteiger partial charge is 0.0889 e. The zero-order valence-corrected chi connectivity index (χ0v) is 13.3. The van der Waals surface area contributed by atoms with Crippen LogP contribution in [0.4, 0.5) is 0 Å². The van der Waals surface area contributed by atoms with E-state index in [-0.39, 0.29) is 0 Å². The molecule has 0 aromatic heterocycles. The summed E-state index contributed by atoms with van der Waals surface area (Å²) in [5.41, 5.74) is 8.96. The fraction of sp³-hybridized carbons (Fsp3) is 0.0435. The van der Waals surface area contributed by atoms with Gasteiger partial charge in [0.25, 0.3) is 0 Å². The van der Waals surface area contributed by atoms with Crippen molar-refractivity contribution in [2.75, 3.05) is 0 Å². The Bertz CT molecular complexity index is 1090. The SMILES string of the molecule is [B]c1ccc(-c2cccc3c2-c2ccccc2C3)c2ccccc12. The quantitative estimate of drug-likeness (QED) is 0.387. The molecule has 0 unspecified atom stereocenters. The molecule has 24 heavy (non-hydrogen) atoms. The minimum atomic E-state index is 0.835. The maximum Gasteiger partial charge on any atom is 0.114 e. The second kappa shape index (κ2) is 5.11. The average Bonchev–Trinajstić information content (AvgIpc) is 3.01. The zero-order valence-electron chi connectivity index (χ0n) is 13.3. The van der Waals surface area contributed by atoms with Crippen molar-refractivity contribution < 1.29 is 0 Å². The molecule has 0 heterocycles. The highest BCUT2D eigenvalue weighted by Gasteiger charge is 2.22. The largest absolute Gasteiger partial charge is 0.114 e. The Morgan fingerprint density at radius 1 is 0.542 bits per heavy atom. The predicted octanol–water partition coefficient (Wildman–Crippen LogP) is 4.87. The van der Waals surface area contributed by atoms with Gasteiger partial charge in [-0.05, 0) is 50.6 Å². The molecule has 0 aliphatic heterocycles. The number of hydrogen-bond acceptors (Lipinski definition) is 0. The van der Waals surface area contributed by atoms with Crippen molar-refractivity contribution in [2.24, 2.45) is 0 Å². The summed E-state index contributed by atoms with van der Waals surface area (Å²) in [6.45, 7) is 0. The van der Waals surface area contributed by atoms with Gasteiger partial charge in [-0.2, -0.15) is 0 Å². The van der Waals surface area contributed by atoms with Gasteiger partial charge in [-0.25, -0.2) is 0 Å². The van der Waals surface area contributed by atoms with E-state index in [0.29, 0.717) is 0 Å². The second-order valence-corrected chi connectivity index (χ2v) is 6.42. The minimum Gasteiger partial charge on any atom is -0.0889 e. The topological polar surface area (TPSA) is 0 Å². The molecule has 0 fully saturated rings. The molecule has 0 N–H and O–H groups in total. The van der Waals surface area contributed by atoms with Crippen LogP contribution in [0.25, 0.3) is 33.0 Å². The van der Waals surface area contributed by atoms with E-state index in [1.165, 1.54) is 38.8 Å². The van der Waals surface area contributed by atoms with Gasteiger partial charge < -0.3 is 0 Å².